The van der Waals surface area contributed by atoms with E-state index in [1.165, 1.54) is 6.07 Å². The molecule has 2 N–H and O–H groups in total. The molecule has 3 unspecified atom stereocenters. The zero-order valence-corrected chi connectivity index (χ0v) is 16.3. The summed E-state index contributed by atoms with van der Waals surface area (Å²) in [4.78, 5) is 26.8. The van der Waals surface area contributed by atoms with Crippen molar-refractivity contribution < 1.29 is 18.4 Å². The number of amides is 1. The number of aromatic nitrogens is 1. The summed E-state index contributed by atoms with van der Waals surface area (Å²) in [5.74, 6) is -2.01. The molecule has 1 aliphatic carbocycles. The van der Waals surface area contributed by atoms with Gasteiger partial charge in [0.05, 0.1) is 5.52 Å². The van der Waals surface area contributed by atoms with E-state index in [9.17, 15) is 18.4 Å². The highest BCUT2D eigenvalue weighted by molar-refractivity contribution is 6.63. The number of rotatable bonds is 5. The molecular weight excluding hydrogens is 374 g/mol. The van der Waals surface area contributed by atoms with Gasteiger partial charge in [0.2, 0.25) is 11.1 Å². The minimum Gasteiger partial charge on any atom is -0.356 e. The van der Waals surface area contributed by atoms with Crippen molar-refractivity contribution in [2.45, 2.75) is 52.0 Å². The number of hydrogen-bond acceptors (Lipinski definition) is 2. The molecular formula is C20H23ClF2N2O2. The van der Waals surface area contributed by atoms with Crippen LogP contribution in [0.4, 0.5) is 8.78 Å². The molecule has 3 atom stereocenters. The first-order valence-electron chi connectivity index (χ1n) is 9.16. The number of carbonyl (C=O) groups is 2. The number of carbonyl (C=O) groups excluding carboxylic acids is 2. The van der Waals surface area contributed by atoms with E-state index in [0.29, 0.717) is 24.6 Å². The minimum atomic E-state index is -0.651. The highest BCUT2D eigenvalue weighted by atomic mass is 35.5. The molecule has 1 aromatic heterocycles. The van der Waals surface area contributed by atoms with Crippen molar-refractivity contribution >= 4 is 33.7 Å². The molecule has 2 aromatic rings. The maximum absolute atomic E-state index is 14.2. The monoisotopic (exact) mass is 396 g/mol. The Morgan fingerprint density at radius 1 is 1.30 bits per heavy atom. The van der Waals surface area contributed by atoms with Gasteiger partial charge in [-0.05, 0) is 42.5 Å². The summed E-state index contributed by atoms with van der Waals surface area (Å²) in [6.07, 6.45) is 1.56. The summed E-state index contributed by atoms with van der Waals surface area (Å²) in [6, 6.07) is 2.00. The smallest absolute Gasteiger partial charge is 0.224 e. The van der Waals surface area contributed by atoms with Crippen LogP contribution < -0.4 is 5.32 Å². The molecule has 1 heterocycles. The van der Waals surface area contributed by atoms with Gasteiger partial charge in [-0.15, -0.1) is 0 Å². The number of fused-ring (bicyclic) bond motifs is 3. The van der Waals surface area contributed by atoms with Crippen molar-refractivity contribution in [2.75, 3.05) is 0 Å². The van der Waals surface area contributed by atoms with E-state index in [4.69, 9.17) is 11.6 Å². The van der Waals surface area contributed by atoms with Gasteiger partial charge in [-0.1, -0.05) is 20.8 Å². The average Bonchev–Trinajstić information content (AvgIpc) is 2.94. The Kier molecular flexibility index (Phi) is 5.56. The van der Waals surface area contributed by atoms with Gasteiger partial charge in [-0.2, -0.15) is 0 Å². The predicted molar refractivity (Wildman–Crippen MR) is 101 cm³/mol. The van der Waals surface area contributed by atoms with Crippen molar-refractivity contribution in [1.82, 2.24) is 10.3 Å². The molecule has 4 nitrogen and oxygen atoms in total. The number of H-pyrrole nitrogens is 1. The molecule has 0 aliphatic heterocycles. The Labute approximate surface area is 161 Å². The van der Waals surface area contributed by atoms with Crippen LogP contribution >= 0.6 is 11.6 Å². The molecule has 0 saturated carbocycles. The third-order valence-corrected chi connectivity index (χ3v) is 5.66. The Balaban J connectivity index is 2.03. The van der Waals surface area contributed by atoms with Gasteiger partial charge in [-0.25, -0.2) is 8.78 Å². The zero-order valence-electron chi connectivity index (χ0n) is 15.5. The number of aromatic amines is 1. The first-order chi connectivity index (χ1) is 12.7. The summed E-state index contributed by atoms with van der Waals surface area (Å²) in [5.41, 5.74) is 1.85. The zero-order chi connectivity index (χ0) is 19.9. The average molecular weight is 397 g/mol. The lowest BCUT2D eigenvalue weighted by atomic mass is 9.79. The Morgan fingerprint density at radius 3 is 2.63 bits per heavy atom. The number of hydrogen-bond donors (Lipinski definition) is 2. The fourth-order valence-electron chi connectivity index (χ4n) is 3.86. The predicted octanol–water partition coefficient (Wildman–Crippen LogP) is 4.41. The van der Waals surface area contributed by atoms with E-state index in [2.05, 4.69) is 10.3 Å². The van der Waals surface area contributed by atoms with Gasteiger partial charge in [0.1, 0.15) is 11.6 Å². The maximum Gasteiger partial charge on any atom is 0.224 e. The van der Waals surface area contributed by atoms with Crippen molar-refractivity contribution in [2.24, 2.45) is 11.8 Å². The number of benzene rings is 1. The van der Waals surface area contributed by atoms with Crippen molar-refractivity contribution in [3.63, 3.8) is 0 Å². The quantitative estimate of drug-likeness (QED) is 0.735. The van der Waals surface area contributed by atoms with Gasteiger partial charge in [0.25, 0.3) is 0 Å². The van der Waals surface area contributed by atoms with E-state index in [-0.39, 0.29) is 35.2 Å². The molecule has 0 radical (unpaired) electrons. The second kappa shape index (κ2) is 7.58. The van der Waals surface area contributed by atoms with Crippen LogP contribution in [0.2, 0.25) is 0 Å². The molecule has 0 saturated heterocycles. The molecule has 1 aromatic carbocycles. The largest absolute Gasteiger partial charge is 0.356 e. The van der Waals surface area contributed by atoms with Crippen molar-refractivity contribution in [3.8, 4) is 0 Å². The molecule has 0 spiro atoms. The van der Waals surface area contributed by atoms with Crippen LogP contribution in [0.1, 0.15) is 50.8 Å². The molecule has 3 rings (SSSR count). The Morgan fingerprint density at radius 2 is 2.00 bits per heavy atom. The lowest BCUT2D eigenvalue weighted by Crippen LogP contribution is -2.42. The molecule has 146 valence electrons. The summed E-state index contributed by atoms with van der Waals surface area (Å²) < 4.78 is 28.0. The van der Waals surface area contributed by atoms with Crippen LogP contribution in [-0.4, -0.2) is 22.2 Å². The Hall–Kier alpha value is -1.95. The summed E-state index contributed by atoms with van der Waals surface area (Å²) in [6.45, 7) is 5.37. The minimum absolute atomic E-state index is 0.0686. The second-order valence-electron chi connectivity index (χ2n) is 7.77. The lowest BCUT2D eigenvalue weighted by molar-refractivity contribution is -0.125. The summed E-state index contributed by atoms with van der Waals surface area (Å²) in [7, 11) is 0. The normalized spacial score (nSPS) is 20.6. The van der Waals surface area contributed by atoms with Crippen LogP contribution in [0.3, 0.4) is 0 Å². The number of halogens is 3. The Bertz CT molecular complexity index is 894. The molecule has 1 aliphatic rings. The lowest BCUT2D eigenvalue weighted by Gasteiger charge is -2.31. The molecule has 0 bridgehead atoms. The molecule has 1 amide bonds. The topological polar surface area (TPSA) is 62.0 Å². The second-order valence-corrected chi connectivity index (χ2v) is 8.14. The molecule has 0 fully saturated rings. The number of nitrogens with one attached hydrogen (secondary N) is 2. The van der Waals surface area contributed by atoms with E-state index >= 15 is 0 Å². The highest BCUT2D eigenvalue weighted by Gasteiger charge is 2.33. The van der Waals surface area contributed by atoms with Gasteiger partial charge >= 0.3 is 0 Å². The van der Waals surface area contributed by atoms with Crippen LogP contribution in [0.15, 0.2) is 12.1 Å². The fourth-order valence-corrected chi connectivity index (χ4v) is 3.95. The van der Waals surface area contributed by atoms with Crippen molar-refractivity contribution in [1.29, 1.82) is 0 Å². The van der Waals surface area contributed by atoms with Crippen molar-refractivity contribution in [3.05, 3.63) is 35.0 Å². The van der Waals surface area contributed by atoms with Crippen LogP contribution in [-0.2, 0) is 16.0 Å². The molecule has 7 heteroatoms. The van der Waals surface area contributed by atoms with Gasteiger partial charge in [0, 0.05) is 40.9 Å². The molecule has 27 heavy (non-hydrogen) atoms. The van der Waals surface area contributed by atoms with E-state index in [0.717, 1.165) is 17.3 Å². The van der Waals surface area contributed by atoms with E-state index in [1.807, 2.05) is 13.8 Å². The van der Waals surface area contributed by atoms with E-state index in [1.54, 1.807) is 6.92 Å². The van der Waals surface area contributed by atoms with E-state index < -0.39 is 16.9 Å². The third kappa shape index (κ3) is 4.00. The van der Waals surface area contributed by atoms with Crippen LogP contribution in [0.25, 0.3) is 10.9 Å². The maximum atomic E-state index is 14.2. The van der Waals surface area contributed by atoms with Gasteiger partial charge < -0.3 is 10.3 Å². The first kappa shape index (κ1) is 19.8. The summed E-state index contributed by atoms with van der Waals surface area (Å²) in [5, 5.41) is 3.07. The third-order valence-electron chi connectivity index (χ3n) is 5.29. The highest BCUT2D eigenvalue weighted by Crippen LogP contribution is 2.40. The van der Waals surface area contributed by atoms with Crippen LogP contribution in [0, 0.1) is 23.5 Å². The summed E-state index contributed by atoms with van der Waals surface area (Å²) >= 11 is 5.63. The van der Waals surface area contributed by atoms with Crippen LogP contribution in [0.5, 0.6) is 0 Å². The fraction of sp³-hybridized carbons (Fsp3) is 0.500. The standard InChI is InChI=1S/C20H23ClF2N2O2/c1-9(2)20(27)24-13-5-11(4-10(3)19(21)26)17-15(8-13)14-6-12(22)7-16(23)18(14)25-17/h6-7,9-11,13,25H,4-5,8H2,1-3H3,(H,24,27). The SMILES string of the molecule is CC(C)C(=O)NC1Cc2c([nH]c3c(F)cc(F)cc23)C(CC(C)C(=O)Cl)C1. The van der Waals surface area contributed by atoms with Gasteiger partial charge in [0.15, 0.2) is 0 Å². The van der Waals surface area contributed by atoms with Gasteiger partial charge in [-0.3, -0.25) is 9.59 Å². The first-order valence-corrected chi connectivity index (χ1v) is 9.54.